The largest absolute Gasteiger partial charge is 0.452 e. The maximum absolute atomic E-state index is 12.2. The van der Waals surface area contributed by atoms with E-state index in [1.807, 2.05) is 54.1 Å². The van der Waals surface area contributed by atoms with Crippen molar-refractivity contribution in [3.63, 3.8) is 0 Å². The van der Waals surface area contributed by atoms with Gasteiger partial charge in [0.25, 0.3) is 5.91 Å². The molecule has 1 amide bonds. The SMILES string of the molecule is Cc1cc(/C=C/C(=O)OCC(=O)Nc2ccc(N3CCOCC3)cc2)c(C)n1-c1nccs1. The fourth-order valence-corrected chi connectivity index (χ4v) is 4.45. The van der Waals surface area contributed by atoms with Gasteiger partial charge in [0.15, 0.2) is 11.7 Å². The van der Waals surface area contributed by atoms with Crippen LogP contribution in [0.4, 0.5) is 11.4 Å². The lowest BCUT2D eigenvalue weighted by molar-refractivity contribution is -0.142. The van der Waals surface area contributed by atoms with Crippen LogP contribution in [0.3, 0.4) is 0 Å². The number of ether oxygens (including phenoxy) is 2. The number of hydrogen-bond donors (Lipinski definition) is 1. The zero-order chi connectivity index (χ0) is 23.2. The minimum atomic E-state index is -0.577. The Morgan fingerprint density at radius 1 is 1.21 bits per heavy atom. The lowest BCUT2D eigenvalue weighted by Crippen LogP contribution is -2.36. The number of carbonyl (C=O) groups excluding carboxylic acids is 2. The minimum Gasteiger partial charge on any atom is -0.452 e. The molecular weight excluding hydrogens is 440 g/mol. The molecule has 3 aromatic rings. The van der Waals surface area contributed by atoms with Crippen LogP contribution in [0.2, 0.25) is 0 Å². The van der Waals surface area contributed by atoms with E-state index < -0.39 is 11.9 Å². The van der Waals surface area contributed by atoms with Crippen LogP contribution in [-0.4, -0.2) is 54.3 Å². The topological polar surface area (TPSA) is 85.7 Å². The molecule has 3 heterocycles. The summed E-state index contributed by atoms with van der Waals surface area (Å²) >= 11 is 1.55. The van der Waals surface area contributed by atoms with E-state index in [9.17, 15) is 9.59 Å². The van der Waals surface area contributed by atoms with Gasteiger partial charge in [-0.25, -0.2) is 9.78 Å². The normalized spacial score (nSPS) is 13.9. The van der Waals surface area contributed by atoms with E-state index in [-0.39, 0.29) is 6.61 Å². The highest BCUT2D eigenvalue weighted by molar-refractivity contribution is 7.12. The van der Waals surface area contributed by atoms with Crippen LogP contribution in [0.25, 0.3) is 11.2 Å². The molecule has 172 valence electrons. The number of hydrogen-bond acceptors (Lipinski definition) is 7. The monoisotopic (exact) mass is 466 g/mol. The first-order chi connectivity index (χ1) is 16.0. The van der Waals surface area contributed by atoms with Gasteiger partial charge in [-0.1, -0.05) is 0 Å². The molecule has 0 unspecified atom stereocenters. The third-order valence-electron chi connectivity index (χ3n) is 5.35. The lowest BCUT2D eigenvalue weighted by atomic mass is 10.2. The van der Waals surface area contributed by atoms with Crippen LogP contribution in [0.5, 0.6) is 0 Å². The predicted octanol–water partition coefficient (Wildman–Crippen LogP) is 3.58. The Balaban J connectivity index is 1.27. The number of esters is 1. The van der Waals surface area contributed by atoms with Crippen LogP contribution in [0.1, 0.15) is 17.0 Å². The smallest absolute Gasteiger partial charge is 0.331 e. The van der Waals surface area contributed by atoms with E-state index in [1.165, 1.54) is 6.08 Å². The van der Waals surface area contributed by atoms with Crippen molar-refractivity contribution in [2.24, 2.45) is 0 Å². The van der Waals surface area contributed by atoms with Gasteiger partial charge in [0.2, 0.25) is 0 Å². The molecule has 1 saturated heterocycles. The second kappa shape index (κ2) is 10.5. The molecule has 0 atom stereocenters. The standard InChI is InChI=1S/C24H26N4O4S/c1-17-15-19(18(2)28(17)24-25-9-14-33-24)3-8-23(30)32-16-22(29)26-20-4-6-21(7-5-20)27-10-12-31-13-11-27/h3-9,14-15H,10-13,16H2,1-2H3,(H,26,29)/b8-3+. The van der Waals surface area contributed by atoms with Gasteiger partial charge in [-0.2, -0.15) is 0 Å². The van der Waals surface area contributed by atoms with Gasteiger partial charge in [0.1, 0.15) is 0 Å². The molecule has 9 heteroatoms. The van der Waals surface area contributed by atoms with Gasteiger partial charge >= 0.3 is 5.97 Å². The summed E-state index contributed by atoms with van der Waals surface area (Å²) < 4.78 is 12.5. The molecule has 1 aliphatic rings. The van der Waals surface area contributed by atoms with E-state index in [1.54, 1.807) is 23.6 Å². The summed E-state index contributed by atoms with van der Waals surface area (Å²) in [5.41, 5.74) is 4.63. The second-order valence-electron chi connectivity index (χ2n) is 7.61. The summed E-state index contributed by atoms with van der Waals surface area (Å²) in [7, 11) is 0. The third kappa shape index (κ3) is 5.68. The quantitative estimate of drug-likeness (QED) is 0.423. The molecule has 1 N–H and O–H groups in total. The van der Waals surface area contributed by atoms with Crippen molar-refractivity contribution in [1.82, 2.24) is 9.55 Å². The summed E-state index contributed by atoms with van der Waals surface area (Å²) in [6.07, 6.45) is 4.78. The molecule has 0 spiro atoms. The van der Waals surface area contributed by atoms with Crippen molar-refractivity contribution < 1.29 is 19.1 Å². The molecule has 0 saturated carbocycles. The Morgan fingerprint density at radius 3 is 2.67 bits per heavy atom. The number of rotatable bonds is 7. The average Bonchev–Trinajstić information content (AvgIpc) is 3.45. The number of aryl methyl sites for hydroxylation is 1. The Hall–Kier alpha value is -3.43. The maximum Gasteiger partial charge on any atom is 0.331 e. The molecule has 4 rings (SSSR count). The summed E-state index contributed by atoms with van der Waals surface area (Å²) in [6, 6.07) is 9.56. The number of aromatic nitrogens is 2. The number of nitrogens with zero attached hydrogens (tertiary/aromatic N) is 3. The van der Waals surface area contributed by atoms with E-state index in [4.69, 9.17) is 9.47 Å². The van der Waals surface area contributed by atoms with Crippen LogP contribution in [-0.2, 0) is 19.1 Å². The van der Waals surface area contributed by atoms with Gasteiger partial charge in [0.05, 0.1) is 13.2 Å². The number of amides is 1. The summed E-state index contributed by atoms with van der Waals surface area (Å²) in [6.45, 7) is 6.74. The number of morpholine rings is 1. The van der Waals surface area contributed by atoms with Gasteiger partial charge < -0.3 is 19.7 Å². The minimum absolute atomic E-state index is 0.355. The summed E-state index contributed by atoms with van der Waals surface area (Å²) in [5.74, 6) is -0.968. The average molecular weight is 467 g/mol. The van der Waals surface area contributed by atoms with Crippen LogP contribution in [0.15, 0.2) is 48.0 Å². The van der Waals surface area contributed by atoms with Crippen molar-refractivity contribution in [3.05, 3.63) is 64.9 Å². The fraction of sp³-hybridized carbons (Fsp3) is 0.292. The Kier molecular flexibility index (Phi) is 7.21. The molecule has 0 aliphatic carbocycles. The fourth-order valence-electron chi connectivity index (χ4n) is 3.69. The van der Waals surface area contributed by atoms with Crippen molar-refractivity contribution in [1.29, 1.82) is 0 Å². The molecule has 1 aliphatic heterocycles. The molecule has 2 aromatic heterocycles. The van der Waals surface area contributed by atoms with Crippen molar-refractivity contribution in [2.75, 3.05) is 43.1 Å². The van der Waals surface area contributed by atoms with Crippen molar-refractivity contribution >= 4 is 40.7 Å². The second-order valence-corrected chi connectivity index (χ2v) is 8.49. The molecular formula is C24H26N4O4S. The first kappa shape index (κ1) is 22.8. The Labute approximate surface area is 196 Å². The van der Waals surface area contributed by atoms with Gasteiger partial charge in [0, 0.05) is 53.5 Å². The first-order valence-electron chi connectivity index (χ1n) is 10.7. The highest BCUT2D eigenvalue weighted by atomic mass is 32.1. The van der Waals surface area contributed by atoms with Crippen LogP contribution >= 0.6 is 11.3 Å². The highest BCUT2D eigenvalue weighted by Crippen LogP contribution is 2.23. The molecule has 1 aromatic carbocycles. The van der Waals surface area contributed by atoms with Crippen LogP contribution < -0.4 is 10.2 Å². The number of benzene rings is 1. The van der Waals surface area contributed by atoms with E-state index in [0.717, 1.165) is 54.1 Å². The predicted molar refractivity (Wildman–Crippen MR) is 129 cm³/mol. The summed E-state index contributed by atoms with van der Waals surface area (Å²) in [5, 5.41) is 5.54. The Bertz CT molecular complexity index is 1130. The zero-order valence-corrected chi connectivity index (χ0v) is 19.4. The van der Waals surface area contributed by atoms with Gasteiger partial charge in [-0.05, 0) is 55.8 Å². The number of carbonyl (C=O) groups is 2. The van der Waals surface area contributed by atoms with Crippen molar-refractivity contribution in [2.45, 2.75) is 13.8 Å². The van der Waals surface area contributed by atoms with E-state index in [2.05, 4.69) is 15.2 Å². The first-order valence-corrected chi connectivity index (χ1v) is 11.6. The molecule has 8 nitrogen and oxygen atoms in total. The van der Waals surface area contributed by atoms with Gasteiger partial charge in [-0.15, -0.1) is 11.3 Å². The maximum atomic E-state index is 12.2. The lowest BCUT2D eigenvalue weighted by Gasteiger charge is -2.28. The van der Waals surface area contributed by atoms with E-state index in [0.29, 0.717) is 5.69 Å². The third-order valence-corrected chi connectivity index (χ3v) is 6.11. The highest BCUT2D eigenvalue weighted by Gasteiger charge is 2.13. The number of thiazole rings is 1. The van der Waals surface area contributed by atoms with Crippen molar-refractivity contribution in [3.8, 4) is 5.13 Å². The van der Waals surface area contributed by atoms with E-state index >= 15 is 0 Å². The zero-order valence-electron chi connectivity index (χ0n) is 18.6. The van der Waals surface area contributed by atoms with Crippen LogP contribution in [0, 0.1) is 13.8 Å². The van der Waals surface area contributed by atoms with Gasteiger partial charge in [-0.3, -0.25) is 9.36 Å². The summed E-state index contributed by atoms with van der Waals surface area (Å²) in [4.78, 5) is 30.8. The molecule has 0 bridgehead atoms. The number of anilines is 2. The molecule has 0 radical (unpaired) electrons. The molecule has 1 fully saturated rings. The Morgan fingerprint density at radius 2 is 1.97 bits per heavy atom. The molecule has 33 heavy (non-hydrogen) atoms. The number of nitrogens with one attached hydrogen (secondary N) is 1.